The first-order valence-corrected chi connectivity index (χ1v) is 12.7. The van der Waals surface area contributed by atoms with E-state index in [0.717, 1.165) is 12.8 Å². The summed E-state index contributed by atoms with van der Waals surface area (Å²) in [5.74, 6) is -0.0398. The average Bonchev–Trinajstić information content (AvgIpc) is 2.69. The molecule has 2 heteroatoms. The second-order valence-corrected chi connectivity index (χ2v) is 9.38. The van der Waals surface area contributed by atoms with Gasteiger partial charge in [-0.1, -0.05) is 123 Å². The Labute approximate surface area is 177 Å². The summed E-state index contributed by atoms with van der Waals surface area (Å²) in [6.07, 6.45) is 25.7. The zero-order valence-corrected chi connectivity index (χ0v) is 20.0. The number of esters is 1. The lowest BCUT2D eigenvalue weighted by Gasteiger charge is -2.20. The van der Waals surface area contributed by atoms with Crippen LogP contribution in [0.25, 0.3) is 0 Å². The first-order chi connectivity index (χ1) is 13.5. The highest BCUT2D eigenvalue weighted by atomic mass is 16.5. The molecule has 0 unspecified atom stereocenters. The minimum absolute atomic E-state index is 0.0398. The molecular weight excluding hydrogens is 344 g/mol. The molecule has 0 rings (SSSR count). The minimum atomic E-state index is -0.325. The summed E-state index contributed by atoms with van der Waals surface area (Å²) in [5.41, 5.74) is -0.325. The Hall–Kier alpha value is -0.530. The van der Waals surface area contributed by atoms with Gasteiger partial charge in [0.15, 0.2) is 0 Å². The van der Waals surface area contributed by atoms with E-state index in [2.05, 4.69) is 6.92 Å². The zero-order chi connectivity index (χ0) is 20.9. The summed E-state index contributed by atoms with van der Waals surface area (Å²) in [7, 11) is 0. The van der Waals surface area contributed by atoms with Crippen LogP contribution in [-0.4, -0.2) is 12.6 Å². The Morgan fingerprint density at radius 2 is 0.893 bits per heavy atom. The molecule has 0 aromatic heterocycles. The van der Waals surface area contributed by atoms with Crippen LogP contribution in [0.2, 0.25) is 0 Å². The van der Waals surface area contributed by atoms with E-state index in [0.29, 0.717) is 6.61 Å². The highest BCUT2D eigenvalue weighted by molar-refractivity contribution is 5.75. The molecule has 28 heavy (non-hydrogen) atoms. The van der Waals surface area contributed by atoms with Gasteiger partial charge in [0.25, 0.3) is 0 Å². The van der Waals surface area contributed by atoms with Crippen molar-refractivity contribution in [2.75, 3.05) is 6.61 Å². The molecule has 0 N–H and O–H groups in total. The lowest BCUT2D eigenvalue weighted by atomic mass is 9.91. The van der Waals surface area contributed by atoms with E-state index in [1.165, 1.54) is 109 Å². The molecule has 0 aliphatic rings. The van der Waals surface area contributed by atoms with Gasteiger partial charge in [0.2, 0.25) is 0 Å². The van der Waals surface area contributed by atoms with Gasteiger partial charge in [-0.15, -0.1) is 0 Å². The molecule has 0 fully saturated rings. The number of ether oxygens (including phenoxy) is 1. The van der Waals surface area contributed by atoms with Gasteiger partial charge in [-0.2, -0.15) is 0 Å². The van der Waals surface area contributed by atoms with E-state index >= 15 is 0 Å². The third-order valence-corrected chi connectivity index (χ3v) is 6.17. The molecule has 0 saturated carbocycles. The highest BCUT2D eigenvalue weighted by Crippen LogP contribution is 2.21. The van der Waals surface area contributed by atoms with E-state index in [9.17, 15) is 4.79 Å². The first-order valence-electron chi connectivity index (χ1n) is 12.7. The monoisotopic (exact) mass is 396 g/mol. The summed E-state index contributed by atoms with van der Waals surface area (Å²) in [6.45, 7) is 8.85. The summed E-state index contributed by atoms with van der Waals surface area (Å²) in [4.78, 5) is 11.9. The average molecular weight is 397 g/mol. The Bertz CT molecular complexity index is 335. The van der Waals surface area contributed by atoms with Crippen LogP contribution in [0.4, 0.5) is 0 Å². The van der Waals surface area contributed by atoms with Gasteiger partial charge < -0.3 is 4.74 Å². The van der Waals surface area contributed by atoms with Crippen LogP contribution < -0.4 is 0 Å². The Morgan fingerprint density at radius 1 is 0.571 bits per heavy atom. The highest BCUT2D eigenvalue weighted by Gasteiger charge is 2.26. The smallest absolute Gasteiger partial charge is 0.311 e. The van der Waals surface area contributed by atoms with Crippen molar-refractivity contribution in [2.24, 2.45) is 5.41 Å². The van der Waals surface area contributed by atoms with Gasteiger partial charge in [-0.05, 0) is 26.7 Å². The van der Waals surface area contributed by atoms with Crippen LogP contribution in [-0.2, 0) is 9.53 Å². The van der Waals surface area contributed by atoms with Crippen LogP contribution in [0.5, 0.6) is 0 Å². The van der Waals surface area contributed by atoms with Crippen molar-refractivity contribution >= 4 is 5.97 Å². The lowest BCUT2D eigenvalue weighted by molar-refractivity contribution is -0.154. The Morgan fingerprint density at radius 3 is 1.21 bits per heavy atom. The van der Waals surface area contributed by atoms with Crippen molar-refractivity contribution in [3.63, 3.8) is 0 Å². The fourth-order valence-corrected chi connectivity index (χ4v) is 3.51. The Kier molecular flexibility index (Phi) is 19.4. The molecule has 0 bridgehead atoms. The van der Waals surface area contributed by atoms with Crippen LogP contribution in [0, 0.1) is 5.41 Å². The quantitative estimate of drug-likeness (QED) is 0.143. The van der Waals surface area contributed by atoms with Crippen molar-refractivity contribution in [3.05, 3.63) is 0 Å². The van der Waals surface area contributed by atoms with Gasteiger partial charge >= 0.3 is 5.97 Å². The fraction of sp³-hybridized carbons (Fsp3) is 0.962. The topological polar surface area (TPSA) is 26.3 Å². The van der Waals surface area contributed by atoms with Crippen molar-refractivity contribution in [1.82, 2.24) is 0 Å². The summed E-state index contributed by atoms with van der Waals surface area (Å²) in [6, 6.07) is 0. The molecular formula is C26H52O2. The van der Waals surface area contributed by atoms with Gasteiger partial charge in [-0.25, -0.2) is 0 Å². The molecule has 0 aliphatic heterocycles. The maximum Gasteiger partial charge on any atom is 0.311 e. The van der Waals surface area contributed by atoms with E-state index in [4.69, 9.17) is 4.74 Å². The minimum Gasteiger partial charge on any atom is -0.465 e. The number of unbranched alkanes of at least 4 members (excludes halogenated alkanes) is 17. The maximum absolute atomic E-state index is 11.9. The molecule has 0 amide bonds. The third kappa shape index (κ3) is 17.6. The molecule has 0 aromatic carbocycles. The predicted octanol–water partition coefficient (Wildman–Crippen LogP) is 9.01. The number of carbonyl (C=O) groups is 1. The van der Waals surface area contributed by atoms with Crippen molar-refractivity contribution in [1.29, 1.82) is 0 Å². The molecule has 2 nitrogen and oxygen atoms in total. The molecule has 0 aliphatic carbocycles. The molecule has 0 spiro atoms. The lowest BCUT2D eigenvalue weighted by Crippen LogP contribution is -2.26. The number of rotatable bonds is 21. The summed E-state index contributed by atoms with van der Waals surface area (Å²) < 4.78 is 5.39. The second-order valence-electron chi connectivity index (χ2n) is 9.38. The molecule has 168 valence electrons. The third-order valence-electron chi connectivity index (χ3n) is 6.17. The van der Waals surface area contributed by atoms with Crippen molar-refractivity contribution in [2.45, 2.75) is 150 Å². The fourth-order valence-electron chi connectivity index (χ4n) is 3.51. The maximum atomic E-state index is 11.9. The predicted molar refractivity (Wildman–Crippen MR) is 124 cm³/mol. The van der Waals surface area contributed by atoms with E-state index < -0.39 is 0 Å². The molecule has 0 aromatic rings. The van der Waals surface area contributed by atoms with Crippen LogP contribution >= 0.6 is 0 Å². The molecule has 0 saturated heterocycles. The van der Waals surface area contributed by atoms with Gasteiger partial charge in [0.05, 0.1) is 12.0 Å². The van der Waals surface area contributed by atoms with Gasteiger partial charge in [-0.3, -0.25) is 4.79 Å². The SMILES string of the molecule is CCCCCCCCCCCCCCCCCCCCOC(=O)C(C)(C)CC. The van der Waals surface area contributed by atoms with E-state index in [1.807, 2.05) is 20.8 Å². The molecule has 0 atom stereocenters. The van der Waals surface area contributed by atoms with Crippen LogP contribution in [0.1, 0.15) is 150 Å². The zero-order valence-electron chi connectivity index (χ0n) is 20.0. The second kappa shape index (κ2) is 19.8. The standard InChI is InChI=1S/C26H52O2/c1-5-7-8-9-10-11-12-13-14-15-16-17-18-19-20-21-22-23-24-28-25(27)26(3,4)6-2/h5-24H2,1-4H3. The van der Waals surface area contributed by atoms with Gasteiger partial charge in [0.1, 0.15) is 0 Å². The number of hydrogen-bond donors (Lipinski definition) is 0. The van der Waals surface area contributed by atoms with Crippen molar-refractivity contribution < 1.29 is 9.53 Å². The normalized spacial score (nSPS) is 11.7. The first kappa shape index (κ1) is 27.5. The summed E-state index contributed by atoms with van der Waals surface area (Å²) in [5, 5.41) is 0. The van der Waals surface area contributed by atoms with Crippen LogP contribution in [0.15, 0.2) is 0 Å². The van der Waals surface area contributed by atoms with Gasteiger partial charge in [0, 0.05) is 0 Å². The molecule has 0 heterocycles. The largest absolute Gasteiger partial charge is 0.465 e. The Balaban J connectivity index is 3.15. The number of hydrogen-bond acceptors (Lipinski definition) is 2. The van der Waals surface area contributed by atoms with E-state index in [1.54, 1.807) is 0 Å². The van der Waals surface area contributed by atoms with E-state index in [-0.39, 0.29) is 11.4 Å². The molecule has 0 radical (unpaired) electrons. The van der Waals surface area contributed by atoms with Crippen molar-refractivity contribution in [3.8, 4) is 0 Å². The summed E-state index contributed by atoms with van der Waals surface area (Å²) >= 11 is 0. The number of carbonyl (C=O) groups excluding carboxylic acids is 1. The van der Waals surface area contributed by atoms with Crippen LogP contribution in [0.3, 0.4) is 0 Å².